The summed E-state index contributed by atoms with van der Waals surface area (Å²) in [6.07, 6.45) is 0. The van der Waals surface area contributed by atoms with Gasteiger partial charge in [0.2, 0.25) is 0 Å². The highest BCUT2D eigenvalue weighted by atomic mass is 32.1. The number of thiophene rings is 2. The molecule has 0 fully saturated rings. The summed E-state index contributed by atoms with van der Waals surface area (Å²) in [5.41, 5.74) is 10.7. The van der Waals surface area contributed by atoms with Crippen LogP contribution < -0.4 is 4.90 Å². The van der Waals surface area contributed by atoms with Crippen molar-refractivity contribution in [1.82, 2.24) is 0 Å². The fourth-order valence-corrected chi connectivity index (χ4v) is 10.6. The number of nitrogens with zero attached hydrogens (tertiary/aromatic N) is 1. The quantitative estimate of drug-likeness (QED) is 0.164. The molecular formula is C52H33NS2. The van der Waals surface area contributed by atoms with E-state index >= 15 is 0 Å². The molecule has 0 saturated carbocycles. The Balaban J connectivity index is 0.973. The Labute approximate surface area is 327 Å². The maximum atomic E-state index is 2.34. The number of fused-ring (bicyclic) bond motifs is 9. The van der Waals surface area contributed by atoms with Crippen molar-refractivity contribution < 1.29 is 0 Å². The third kappa shape index (κ3) is 5.43. The molecule has 0 aliphatic carbocycles. The fourth-order valence-electron chi connectivity index (χ4n) is 8.25. The van der Waals surface area contributed by atoms with E-state index in [0.29, 0.717) is 0 Å². The zero-order chi connectivity index (χ0) is 36.3. The van der Waals surface area contributed by atoms with Gasteiger partial charge in [-0.1, -0.05) is 146 Å². The molecule has 11 rings (SSSR count). The molecule has 0 atom stereocenters. The Kier molecular flexibility index (Phi) is 7.61. The normalized spacial score (nSPS) is 11.6. The van der Waals surface area contributed by atoms with E-state index < -0.39 is 0 Å². The zero-order valence-corrected chi connectivity index (χ0v) is 31.4. The van der Waals surface area contributed by atoms with Crippen LogP contribution in [0.1, 0.15) is 0 Å². The molecule has 11 aromatic rings. The summed E-state index contributed by atoms with van der Waals surface area (Å²) in [4.78, 5) is 2.34. The van der Waals surface area contributed by atoms with Crippen molar-refractivity contribution in [2.24, 2.45) is 0 Å². The smallest absolute Gasteiger partial charge is 0.0462 e. The average Bonchev–Trinajstić information content (AvgIpc) is 3.84. The molecule has 2 heterocycles. The number of rotatable bonds is 6. The third-order valence-corrected chi connectivity index (χ3v) is 13.2. The molecule has 0 unspecified atom stereocenters. The van der Waals surface area contributed by atoms with Crippen molar-refractivity contribution >= 4 is 90.9 Å². The minimum atomic E-state index is 1.12. The number of hydrogen-bond acceptors (Lipinski definition) is 3. The molecule has 0 amide bonds. The van der Waals surface area contributed by atoms with Crippen LogP contribution in [0.4, 0.5) is 17.1 Å². The molecule has 0 saturated heterocycles. The Hall–Kier alpha value is -6.52. The lowest BCUT2D eigenvalue weighted by Gasteiger charge is -2.26. The number of anilines is 3. The molecule has 0 aliphatic heterocycles. The Morgan fingerprint density at radius 1 is 0.291 bits per heavy atom. The molecule has 2 aromatic heterocycles. The van der Waals surface area contributed by atoms with E-state index in [1.165, 1.54) is 84.5 Å². The van der Waals surface area contributed by atoms with Crippen LogP contribution >= 0.6 is 22.7 Å². The summed E-state index contributed by atoms with van der Waals surface area (Å²) < 4.78 is 5.36. The lowest BCUT2D eigenvalue weighted by molar-refractivity contribution is 1.28. The van der Waals surface area contributed by atoms with Gasteiger partial charge in [0.15, 0.2) is 0 Å². The van der Waals surface area contributed by atoms with Crippen LogP contribution in [0.25, 0.3) is 84.5 Å². The summed E-state index contributed by atoms with van der Waals surface area (Å²) in [7, 11) is 0. The first-order valence-electron chi connectivity index (χ1n) is 18.7. The van der Waals surface area contributed by atoms with Crippen molar-refractivity contribution in [1.29, 1.82) is 0 Å². The van der Waals surface area contributed by atoms with E-state index in [4.69, 9.17) is 0 Å². The minimum Gasteiger partial charge on any atom is -0.311 e. The molecule has 55 heavy (non-hydrogen) atoms. The van der Waals surface area contributed by atoms with Crippen molar-refractivity contribution in [3.8, 4) is 33.4 Å². The van der Waals surface area contributed by atoms with Gasteiger partial charge in [0, 0.05) is 62.8 Å². The van der Waals surface area contributed by atoms with E-state index in [0.717, 1.165) is 17.1 Å². The van der Waals surface area contributed by atoms with E-state index in [1.54, 1.807) is 0 Å². The van der Waals surface area contributed by atoms with Gasteiger partial charge in [-0.25, -0.2) is 0 Å². The fraction of sp³-hybridized carbons (Fsp3) is 0. The predicted octanol–water partition coefficient (Wildman–Crippen LogP) is 16.0. The van der Waals surface area contributed by atoms with Gasteiger partial charge in [-0.2, -0.15) is 0 Å². The van der Waals surface area contributed by atoms with E-state index in [1.807, 2.05) is 22.7 Å². The minimum absolute atomic E-state index is 1.12. The van der Waals surface area contributed by atoms with Crippen molar-refractivity contribution in [2.45, 2.75) is 0 Å². The molecule has 0 aliphatic rings. The topological polar surface area (TPSA) is 3.24 Å². The lowest BCUT2D eigenvalue weighted by Crippen LogP contribution is -2.09. The number of hydrogen-bond donors (Lipinski definition) is 0. The van der Waals surface area contributed by atoms with Crippen LogP contribution in [0, 0.1) is 0 Å². The van der Waals surface area contributed by atoms with Crippen LogP contribution in [-0.4, -0.2) is 0 Å². The summed E-state index contributed by atoms with van der Waals surface area (Å²) in [6.45, 7) is 0. The van der Waals surface area contributed by atoms with Gasteiger partial charge in [-0.15, -0.1) is 22.7 Å². The lowest BCUT2D eigenvalue weighted by atomic mass is 9.97. The van der Waals surface area contributed by atoms with Gasteiger partial charge in [-0.05, 0) is 93.4 Å². The molecule has 0 bridgehead atoms. The van der Waals surface area contributed by atoms with Gasteiger partial charge < -0.3 is 4.90 Å². The first-order valence-corrected chi connectivity index (χ1v) is 20.3. The molecule has 9 aromatic carbocycles. The Bertz CT molecular complexity index is 3160. The Morgan fingerprint density at radius 2 is 0.782 bits per heavy atom. The summed E-state index contributed by atoms with van der Waals surface area (Å²) in [6, 6.07) is 73.0. The first-order chi connectivity index (χ1) is 27.3. The van der Waals surface area contributed by atoms with Crippen LogP contribution in [0.3, 0.4) is 0 Å². The largest absolute Gasteiger partial charge is 0.311 e. The van der Waals surface area contributed by atoms with E-state index in [9.17, 15) is 0 Å². The van der Waals surface area contributed by atoms with Crippen molar-refractivity contribution in [3.05, 3.63) is 200 Å². The monoisotopic (exact) mass is 735 g/mol. The van der Waals surface area contributed by atoms with Crippen molar-refractivity contribution in [3.63, 3.8) is 0 Å². The van der Waals surface area contributed by atoms with Crippen LogP contribution in [0.2, 0.25) is 0 Å². The molecule has 258 valence electrons. The highest BCUT2D eigenvalue weighted by Crippen LogP contribution is 2.47. The molecule has 0 N–H and O–H groups in total. The third-order valence-electron chi connectivity index (χ3n) is 10.9. The molecule has 0 spiro atoms. The highest BCUT2D eigenvalue weighted by molar-refractivity contribution is 7.27. The Morgan fingerprint density at radius 3 is 1.45 bits per heavy atom. The summed E-state index contributed by atoms with van der Waals surface area (Å²) in [5, 5.41) is 8.11. The van der Waals surface area contributed by atoms with Crippen LogP contribution in [0.15, 0.2) is 200 Å². The molecule has 0 radical (unpaired) electrons. The second-order valence-corrected chi connectivity index (χ2v) is 16.2. The van der Waals surface area contributed by atoms with Gasteiger partial charge in [0.05, 0.1) is 0 Å². The number of benzene rings is 9. The van der Waals surface area contributed by atoms with Gasteiger partial charge in [-0.3, -0.25) is 0 Å². The molecule has 1 nitrogen and oxygen atoms in total. The van der Waals surface area contributed by atoms with E-state index in [2.05, 4.69) is 205 Å². The van der Waals surface area contributed by atoms with Gasteiger partial charge in [0.1, 0.15) is 0 Å². The van der Waals surface area contributed by atoms with Gasteiger partial charge in [0.25, 0.3) is 0 Å². The van der Waals surface area contributed by atoms with E-state index in [-0.39, 0.29) is 0 Å². The summed E-state index contributed by atoms with van der Waals surface area (Å²) in [5.74, 6) is 0. The van der Waals surface area contributed by atoms with Crippen molar-refractivity contribution in [2.75, 3.05) is 4.90 Å². The summed E-state index contributed by atoms with van der Waals surface area (Å²) >= 11 is 3.80. The maximum Gasteiger partial charge on any atom is 0.0462 e. The van der Waals surface area contributed by atoms with Gasteiger partial charge >= 0.3 is 0 Å². The second-order valence-electron chi connectivity index (χ2n) is 14.1. The zero-order valence-electron chi connectivity index (χ0n) is 29.8. The molecular weight excluding hydrogens is 703 g/mol. The predicted molar refractivity (Wildman–Crippen MR) is 241 cm³/mol. The average molecular weight is 736 g/mol. The standard InChI is InChI=1S/C52H33NS2/c1-3-10-34(11-4-1)35-18-20-36(21-19-35)37-22-28-41(29-23-37)53(40-12-5-2-6-13-40)42-30-24-38(25-31-42)43-15-9-16-45-51-48(55-52(43)45)33-27-39-26-32-47-50(49(39)51)44-14-7-8-17-46(44)54-47/h1-33H. The van der Waals surface area contributed by atoms with Crippen LogP contribution in [0.5, 0.6) is 0 Å². The second kappa shape index (κ2) is 13.1. The number of para-hydroxylation sites is 1. The molecule has 3 heteroatoms. The maximum absolute atomic E-state index is 2.34. The SMILES string of the molecule is c1ccc(-c2ccc(-c3ccc(N(c4ccccc4)c4ccc(-c5cccc6c5sc5ccc7ccc8sc9ccccc9c8c7c56)cc4)cc3)cc2)cc1. The van der Waals surface area contributed by atoms with Crippen LogP contribution in [-0.2, 0) is 0 Å². The first kappa shape index (κ1) is 32.0. The highest BCUT2D eigenvalue weighted by Gasteiger charge is 2.18.